The van der Waals surface area contributed by atoms with Crippen molar-refractivity contribution in [2.24, 2.45) is 0 Å². The monoisotopic (exact) mass is 347 g/mol. The maximum Gasteiger partial charge on any atom is 0.251 e. The van der Waals surface area contributed by atoms with Crippen molar-refractivity contribution in [2.45, 2.75) is 6.10 Å². The minimum Gasteiger partial charge on any atom is -0.386 e. The highest BCUT2D eigenvalue weighted by molar-refractivity contribution is 7.16. The number of hydrogen-bond donors (Lipinski definition) is 2. The van der Waals surface area contributed by atoms with Gasteiger partial charge in [0, 0.05) is 35.1 Å². The van der Waals surface area contributed by atoms with Gasteiger partial charge in [0.2, 0.25) is 0 Å². The van der Waals surface area contributed by atoms with Crippen LogP contribution in [-0.2, 0) is 0 Å². The molecular weight excluding hydrogens is 334 g/mol. The molecule has 1 amide bonds. The van der Waals surface area contributed by atoms with E-state index in [2.05, 4.69) is 10.3 Å². The van der Waals surface area contributed by atoms with Gasteiger partial charge in [-0.1, -0.05) is 11.6 Å². The zero-order valence-corrected chi connectivity index (χ0v) is 13.6. The first-order valence-electron chi connectivity index (χ1n) is 6.93. The fourth-order valence-corrected chi connectivity index (χ4v) is 3.14. The van der Waals surface area contributed by atoms with E-state index in [-0.39, 0.29) is 12.5 Å². The van der Waals surface area contributed by atoms with E-state index < -0.39 is 6.10 Å². The number of carbonyl (C=O) groups is 1. The second-order valence-electron chi connectivity index (χ2n) is 4.88. The number of thiophene rings is 1. The Hall–Kier alpha value is -2.15. The first kappa shape index (κ1) is 15.7. The van der Waals surface area contributed by atoms with E-state index in [1.807, 2.05) is 22.9 Å². The minimum absolute atomic E-state index is 0.138. The fourth-order valence-electron chi connectivity index (χ4n) is 2.10. The first-order chi connectivity index (χ1) is 11.1. The van der Waals surface area contributed by atoms with Gasteiger partial charge in [0.25, 0.3) is 5.91 Å². The molecule has 2 aromatic heterocycles. The lowest BCUT2D eigenvalue weighted by Gasteiger charge is -2.10. The summed E-state index contributed by atoms with van der Waals surface area (Å²) in [5.41, 5.74) is 1.46. The van der Waals surface area contributed by atoms with Gasteiger partial charge in [-0.25, -0.2) is 4.98 Å². The fraction of sp³-hybridized carbons (Fsp3) is 0.125. The van der Waals surface area contributed by atoms with Crippen molar-refractivity contribution in [1.29, 1.82) is 0 Å². The van der Waals surface area contributed by atoms with Gasteiger partial charge in [-0.3, -0.25) is 4.79 Å². The molecule has 118 valence electrons. The average Bonchev–Trinajstić information content (AvgIpc) is 3.24. The lowest BCUT2D eigenvalue weighted by Crippen LogP contribution is -2.28. The Morgan fingerprint density at radius 3 is 2.70 bits per heavy atom. The van der Waals surface area contributed by atoms with Crippen LogP contribution in [0, 0.1) is 0 Å². The molecule has 3 rings (SSSR count). The molecule has 5 nitrogen and oxygen atoms in total. The standard InChI is InChI=1S/C16H14ClN3O2S/c17-15-6-5-14(23-15)13(21)9-19-16(22)11-1-3-12(4-2-11)20-8-7-18-10-20/h1-8,10,13,21H,9H2,(H,19,22)/t13-/m0/s1. The Kier molecular flexibility index (Phi) is 4.76. The molecule has 7 heteroatoms. The van der Waals surface area contributed by atoms with E-state index in [0.717, 1.165) is 10.6 Å². The second kappa shape index (κ2) is 6.95. The summed E-state index contributed by atoms with van der Waals surface area (Å²) in [5.74, 6) is -0.233. The third-order valence-corrected chi connectivity index (χ3v) is 4.64. The Labute approximate surface area is 142 Å². The number of nitrogens with zero attached hydrogens (tertiary/aromatic N) is 2. The zero-order valence-electron chi connectivity index (χ0n) is 12.0. The van der Waals surface area contributed by atoms with Gasteiger partial charge in [0.05, 0.1) is 10.7 Å². The number of aliphatic hydroxyl groups excluding tert-OH is 1. The topological polar surface area (TPSA) is 67.2 Å². The van der Waals surface area contributed by atoms with Gasteiger partial charge in [-0.15, -0.1) is 11.3 Å². The number of rotatable bonds is 5. The molecule has 0 spiro atoms. The van der Waals surface area contributed by atoms with Crippen molar-refractivity contribution >= 4 is 28.8 Å². The number of benzene rings is 1. The quantitative estimate of drug-likeness (QED) is 0.745. The molecule has 1 atom stereocenters. The molecule has 2 N–H and O–H groups in total. The predicted octanol–water partition coefficient (Wildman–Crippen LogP) is 3.05. The molecule has 3 aromatic rings. The van der Waals surface area contributed by atoms with Crippen molar-refractivity contribution < 1.29 is 9.90 Å². The lowest BCUT2D eigenvalue weighted by atomic mass is 10.2. The number of hydrogen-bond acceptors (Lipinski definition) is 4. The average molecular weight is 348 g/mol. The van der Waals surface area contributed by atoms with Crippen LogP contribution in [0.3, 0.4) is 0 Å². The molecule has 2 heterocycles. The molecule has 0 radical (unpaired) electrons. The van der Waals surface area contributed by atoms with Crippen LogP contribution in [-0.4, -0.2) is 27.1 Å². The number of carbonyl (C=O) groups excluding carboxylic acids is 1. The van der Waals surface area contributed by atoms with Crippen molar-refractivity contribution in [3.05, 3.63) is 69.9 Å². The number of nitrogens with one attached hydrogen (secondary N) is 1. The molecule has 0 fully saturated rings. The van der Waals surface area contributed by atoms with Gasteiger partial charge in [-0.2, -0.15) is 0 Å². The van der Waals surface area contributed by atoms with E-state index in [1.54, 1.807) is 36.8 Å². The van der Waals surface area contributed by atoms with Gasteiger partial charge in [0.1, 0.15) is 6.10 Å². The Morgan fingerprint density at radius 1 is 1.30 bits per heavy atom. The van der Waals surface area contributed by atoms with E-state index in [0.29, 0.717) is 9.90 Å². The first-order valence-corrected chi connectivity index (χ1v) is 8.13. The van der Waals surface area contributed by atoms with Gasteiger partial charge < -0.3 is 15.0 Å². The van der Waals surface area contributed by atoms with Gasteiger partial charge in [0.15, 0.2) is 0 Å². The van der Waals surface area contributed by atoms with Gasteiger partial charge in [-0.05, 0) is 36.4 Å². The summed E-state index contributed by atoms with van der Waals surface area (Å²) in [6, 6.07) is 10.6. The van der Waals surface area contributed by atoms with Crippen molar-refractivity contribution in [3.63, 3.8) is 0 Å². The van der Waals surface area contributed by atoms with E-state index in [9.17, 15) is 9.90 Å². The van der Waals surface area contributed by atoms with Crippen LogP contribution in [0.5, 0.6) is 0 Å². The summed E-state index contributed by atoms with van der Waals surface area (Å²) in [5, 5.41) is 12.7. The molecule has 0 saturated carbocycles. The molecule has 0 unspecified atom stereocenters. The normalized spacial score (nSPS) is 12.1. The van der Waals surface area contributed by atoms with Crippen LogP contribution in [0.1, 0.15) is 21.3 Å². The second-order valence-corrected chi connectivity index (χ2v) is 6.63. The van der Waals surface area contributed by atoms with Crippen LogP contribution < -0.4 is 5.32 Å². The predicted molar refractivity (Wildman–Crippen MR) is 90.2 cm³/mol. The minimum atomic E-state index is -0.762. The molecular formula is C16H14ClN3O2S. The summed E-state index contributed by atoms with van der Waals surface area (Å²) in [4.78, 5) is 16.8. The highest BCUT2D eigenvalue weighted by Gasteiger charge is 2.12. The van der Waals surface area contributed by atoms with E-state index in [4.69, 9.17) is 11.6 Å². The molecule has 23 heavy (non-hydrogen) atoms. The van der Waals surface area contributed by atoms with Crippen LogP contribution in [0.2, 0.25) is 4.34 Å². The van der Waals surface area contributed by atoms with Crippen LogP contribution in [0.15, 0.2) is 55.1 Å². The number of imidazole rings is 1. The zero-order chi connectivity index (χ0) is 16.2. The molecule has 0 aliphatic heterocycles. The van der Waals surface area contributed by atoms with Gasteiger partial charge >= 0.3 is 0 Å². The van der Waals surface area contributed by atoms with Crippen molar-refractivity contribution in [1.82, 2.24) is 14.9 Å². The van der Waals surface area contributed by atoms with Crippen LogP contribution in [0.4, 0.5) is 0 Å². The number of halogens is 1. The maximum atomic E-state index is 12.1. The van der Waals surface area contributed by atoms with E-state index >= 15 is 0 Å². The highest BCUT2D eigenvalue weighted by Crippen LogP contribution is 2.26. The molecule has 0 saturated heterocycles. The van der Waals surface area contributed by atoms with Crippen LogP contribution in [0.25, 0.3) is 5.69 Å². The third kappa shape index (κ3) is 3.79. The van der Waals surface area contributed by atoms with Crippen LogP contribution >= 0.6 is 22.9 Å². The highest BCUT2D eigenvalue weighted by atomic mass is 35.5. The molecule has 0 aliphatic rings. The Balaban J connectivity index is 1.60. The van der Waals surface area contributed by atoms with Crippen molar-refractivity contribution in [3.8, 4) is 5.69 Å². The summed E-state index contributed by atoms with van der Waals surface area (Å²) in [6.07, 6.45) is 4.45. The summed E-state index contributed by atoms with van der Waals surface area (Å²) in [7, 11) is 0. The summed E-state index contributed by atoms with van der Waals surface area (Å²) in [6.45, 7) is 0.138. The Morgan fingerprint density at radius 2 is 2.09 bits per heavy atom. The number of amides is 1. The summed E-state index contributed by atoms with van der Waals surface area (Å²) < 4.78 is 2.46. The SMILES string of the molecule is O=C(NC[C@H](O)c1ccc(Cl)s1)c1ccc(-n2ccnc2)cc1. The van der Waals surface area contributed by atoms with Crippen molar-refractivity contribution in [2.75, 3.05) is 6.54 Å². The number of aromatic nitrogens is 2. The molecule has 0 bridgehead atoms. The lowest BCUT2D eigenvalue weighted by molar-refractivity contribution is 0.0918. The largest absolute Gasteiger partial charge is 0.386 e. The molecule has 0 aliphatic carbocycles. The molecule has 1 aromatic carbocycles. The Bertz CT molecular complexity index is 784. The smallest absolute Gasteiger partial charge is 0.251 e. The number of aliphatic hydroxyl groups is 1. The summed E-state index contributed by atoms with van der Waals surface area (Å²) >= 11 is 7.13. The van der Waals surface area contributed by atoms with E-state index in [1.165, 1.54) is 11.3 Å². The third-order valence-electron chi connectivity index (χ3n) is 3.31. The maximum absolute atomic E-state index is 12.1.